The van der Waals surface area contributed by atoms with Crippen LogP contribution in [0.2, 0.25) is 0 Å². The fourth-order valence-electron chi connectivity index (χ4n) is 2.47. The highest BCUT2D eigenvalue weighted by atomic mass is 16.4. The van der Waals surface area contributed by atoms with E-state index in [9.17, 15) is 19.8 Å². The first-order valence-electron chi connectivity index (χ1n) is 6.49. The first kappa shape index (κ1) is 14.8. The highest BCUT2D eigenvalue weighted by molar-refractivity contribution is 5.98. The third kappa shape index (κ3) is 2.94. The van der Waals surface area contributed by atoms with Crippen LogP contribution in [-0.2, 0) is 0 Å². The molecule has 0 aliphatic carbocycles. The summed E-state index contributed by atoms with van der Waals surface area (Å²) in [5, 5.41) is 18.5. The smallest absolute Gasteiger partial charge is 0.335 e. The highest BCUT2D eigenvalue weighted by Gasteiger charge is 2.17. The van der Waals surface area contributed by atoms with Crippen molar-refractivity contribution in [1.82, 2.24) is 0 Å². The summed E-state index contributed by atoms with van der Waals surface area (Å²) in [6, 6.07) is 8.88. The van der Waals surface area contributed by atoms with Gasteiger partial charge < -0.3 is 10.2 Å². The van der Waals surface area contributed by atoms with Crippen molar-refractivity contribution < 1.29 is 19.8 Å². The normalized spacial score (nSPS) is 10.4. The molecule has 0 saturated heterocycles. The van der Waals surface area contributed by atoms with E-state index in [-0.39, 0.29) is 16.7 Å². The number of carbonyl (C=O) groups is 2. The van der Waals surface area contributed by atoms with E-state index in [1.54, 1.807) is 0 Å². The first-order valence-corrected chi connectivity index (χ1v) is 6.49. The summed E-state index contributed by atoms with van der Waals surface area (Å²) in [5.74, 6) is -2.25. The molecule has 0 spiro atoms. The van der Waals surface area contributed by atoms with Gasteiger partial charge in [-0.25, -0.2) is 9.59 Å². The molecule has 21 heavy (non-hydrogen) atoms. The molecule has 2 N–H and O–H groups in total. The minimum atomic E-state index is -1.12. The number of hydrogen-bond acceptors (Lipinski definition) is 2. The van der Waals surface area contributed by atoms with E-state index in [0.717, 1.165) is 16.7 Å². The van der Waals surface area contributed by atoms with Gasteiger partial charge in [-0.1, -0.05) is 29.3 Å². The Balaban J connectivity index is 2.74. The Kier molecular flexibility index (Phi) is 3.80. The second kappa shape index (κ2) is 5.40. The topological polar surface area (TPSA) is 74.6 Å². The van der Waals surface area contributed by atoms with Crippen molar-refractivity contribution in [2.24, 2.45) is 0 Å². The Bertz CT molecular complexity index is 689. The quantitative estimate of drug-likeness (QED) is 0.901. The lowest BCUT2D eigenvalue weighted by molar-refractivity contribution is 0.0696. The van der Waals surface area contributed by atoms with E-state index in [4.69, 9.17) is 0 Å². The van der Waals surface area contributed by atoms with Gasteiger partial charge in [0.25, 0.3) is 0 Å². The van der Waals surface area contributed by atoms with Crippen LogP contribution in [0.5, 0.6) is 0 Å². The predicted molar refractivity (Wildman–Crippen MR) is 80.0 cm³/mol. The molecule has 2 aromatic rings. The molecule has 0 bridgehead atoms. The van der Waals surface area contributed by atoms with Gasteiger partial charge in [0.15, 0.2) is 0 Å². The fourth-order valence-corrected chi connectivity index (χ4v) is 2.47. The average molecular weight is 284 g/mol. The van der Waals surface area contributed by atoms with Gasteiger partial charge in [-0.15, -0.1) is 0 Å². The zero-order valence-electron chi connectivity index (χ0n) is 12.1. The average Bonchev–Trinajstić information content (AvgIpc) is 2.36. The van der Waals surface area contributed by atoms with Crippen LogP contribution in [0.15, 0.2) is 30.3 Å². The number of aryl methyl sites for hydroxylation is 2. The molecule has 2 aromatic carbocycles. The molecule has 0 aliphatic rings. The third-order valence-electron chi connectivity index (χ3n) is 3.42. The van der Waals surface area contributed by atoms with Gasteiger partial charge in [-0.3, -0.25) is 0 Å². The van der Waals surface area contributed by atoms with Gasteiger partial charge >= 0.3 is 11.9 Å². The Morgan fingerprint density at radius 3 is 1.48 bits per heavy atom. The number of aromatic carboxylic acids is 2. The van der Waals surface area contributed by atoms with Crippen molar-refractivity contribution in [3.63, 3.8) is 0 Å². The lowest BCUT2D eigenvalue weighted by Gasteiger charge is -2.11. The van der Waals surface area contributed by atoms with Gasteiger partial charge in [0.05, 0.1) is 11.1 Å². The molecule has 0 aromatic heterocycles. The summed E-state index contributed by atoms with van der Waals surface area (Å²) >= 11 is 0. The second-order valence-electron chi connectivity index (χ2n) is 5.18. The van der Waals surface area contributed by atoms with E-state index in [0.29, 0.717) is 5.56 Å². The van der Waals surface area contributed by atoms with Gasteiger partial charge in [-0.05, 0) is 49.6 Å². The number of benzene rings is 2. The molecule has 0 radical (unpaired) electrons. The van der Waals surface area contributed by atoms with Crippen molar-refractivity contribution in [3.8, 4) is 11.1 Å². The van der Waals surface area contributed by atoms with Gasteiger partial charge in [0, 0.05) is 0 Å². The Labute approximate surface area is 122 Å². The van der Waals surface area contributed by atoms with Gasteiger partial charge in [0.1, 0.15) is 0 Å². The van der Waals surface area contributed by atoms with Crippen LogP contribution in [0, 0.1) is 20.8 Å². The molecule has 4 nitrogen and oxygen atoms in total. The Morgan fingerprint density at radius 1 is 0.714 bits per heavy atom. The lowest BCUT2D eigenvalue weighted by Crippen LogP contribution is -2.07. The van der Waals surface area contributed by atoms with Crippen LogP contribution >= 0.6 is 0 Å². The van der Waals surface area contributed by atoms with E-state index in [2.05, 4.69) is 0 Å². The summed E-state index contributed by atoms with van der Waals surface area (Å²) in [7, 11) is 0. The molecule has 0 saturated carbocycles. The van der Waals surface area contributed by atoms with Crippen molar-refractivity contribution in [2.45, 2.75) is 20.8 Å². The van der Waals surface area contributed by atoms with E-state index >= 15 is 0 Å². The molecule has 0 atom stereocenters. The van der Waals surface area contributed by atoms with Crippen LogP contribution < -0.4 is 0 Å². The van der Waals surface area contributed by atoms with Crippen LogP contribution in [0.3, 0.4) is 0 Å². The number of rotatable bonds is 3. The molecule has 4 heteroatoms. The minimum absolute atomic E-state index is 0.0176. The summed E-state index contributed by atoms with van der Waals surface area (Å²) in [6.45, 7) is 5.40. The standard InChI is InChI=1S/C17H16O4/c1-9-4-10(2)6-12(5-9)13-7-14(16(18)19)11(3)15(8-13)17(20)21/h4-8H,1-3H3,(H,18,19)(H,20,21). The van der Waals surface area contributed by atoms with E-state index in [1.807, 2.05) is 32.0 Å². The summed E-state index contributed by atoms with van der Waals surface area (Å²) in [5.41, 5.74) is 3.80. The Morgan fingerprint density at radius 2 is 1.10 bits per heavy atom. The monoisotopic (exact) mass is 284 g/mol. The van der Waals surface area contributed by atoms with Crippen LogP contribution in [0.4, 0.5) is 0 Å². The van der Waals surface area contributed by atoms with E-state index < -0.39 is 11.9 Å². The van der Waals surface area contributed by atoms with Crippen LogP contribution in [0.25, 0.3) is 11.1 Å². The van der Waals surface area contributed by atoms with Crippen molar-refractivity contribution in [2.75, 3.05) is 0 Å². The molecule has 0 aliphatic heterocycles. The van der Waals surface area contributed by atoms with Crippen molar-refractivity contribution >= 4 is 11.9 Å². The maximum Gasteiger partial charge on any atom is 0.335 e. The largest absolute Gasteiger partial charge is 0.478 e. The highest BCUT2D eigenvalue weighted by Crippen LogP contribution is 2.27. The molecule has 0 unspecified atom stereocenters. The zero-order chi connectivity index (χ0) is 15.7. The predicted octanol–water partition coefficient (Wildman–Crippen LogP) is 3.68. The molecule has 0 heterocycles. The molecule has 0 fully saturated rings. The summed E-state index contributed by atoms with van der Waals surface area (Å²) in [4.78, 5) is 22.6. The maximum atomic E-state index is 11.3. The molecular weight excluding hydrogens is 268 g/mol. The summed E-state index contributed by atoms with van der Waals surface area (Å²) < 4.78 is 0. The van der Waals surface area contributed by atoms with Crippen LogP contribution in [-0.4, -0.2) is 22.2 Å². The molecule has 0 amide bonds. The second-order valence-corrected chi connectivity index (χ2v) is 5.18. The fraction of sp³-hybridized carbons (Fsp3) is 0.176. The number of hydrogen-bond donors (Lipinski definition) is 2. The number of carboxylic acids is 2. The van der Waals surface area contributed by atoms with E-state index in [1.165, 1.54) is 19.1 Å². The molecule has 108 valence electrons. The summed E-state index contributed by atoms with van der Waals surface area (Å²) in [6.07, 6.45) is 0. The minimum Gasteiger partial charge on any atom is -0.478 e. The van der Waals surface area contributed by atoms with Crippen LogP contribution in [0.1, 0.15) is 37.4 Å². The zero-order valence-corrected chi connectivity index (χ0v) is 12.1. The lowest BCUT2D eigenvalue weighted by atomic mass is 9.93. The molecule has 2 rings (SSSR count). The van der Waals surface area contributed by atoms with Crippen molar-refractivity contribution in [3.05, 3.63) is 58.1 Å². The maximum absolute atomic E-state index is 11.3. The molecular formula is C17H16O4. The Hall–Kier alpha value is -2.62. The first-order chi connectivity index (χ1) is 9.79. The van der Waals surface area contributed by atoms with Gasteiger partial charge in [0.2, 0.25) is 0 Å². The third-order valence-corrected chi connectivity index (χ3v) is 3.42. The van der Waals surface area contributed by atoms with Crippen molar-refractivity contribution in [1.29, 1.82) is 0 Å². The SMILES string of the molecule is Cc1cc(C)cc(-c2cc(C(=O)O)c(C)c(C(=O)O)c2)c1. The van der Waals surface area contributed by atoms with Gasteiger partial charge in [-0.2, -0.15) is 0 Å². The number of carboxylic acid groups (broad SMARTS) is 2.